The zero-order valence-electron chi connectivity index (χ0n) is 35.3. The summed E-state index contributed by atoms with van der Waals surface area (Å²) >= 11 is 6.25. The molecule has 0 spiro atoms. The molecule has 2 aliphatic carbocycles. The van der Waals surface area contributed by atoms with Crippen LogP contribution >= 0.6 is 11.6 Å². The number of pyridine rings is 1. The third-order valence-electron chi connectivity index (χ3n) is 12.5. The quantitative estimate of drug-likeness (QED) is 0.110. The van der Waals surface area contributed by atoms with Gasteiger partial charge in [0.1, 0.15) is 28.0 Å². The van der Waals surface area contributed by atoms with Crippen LogP contribution in [-0.4, -0.2) is 84.4 Å². The number of nitrogens with zero attached hydrogens (tertiary/aromatic N) is 5. The third kappa shape index (κ3) is 9.92. The minimum absolute atomic E-state index is 0.00164. The van der Waals surface area contributed by atoms with Gasteiger partial charge in [0.25, 0.3) is 15.9 Å². The maximum absolute atomic E-state index is 14.0. The molecule has 3 heterocycles. The Morgan fingerprint density at radius 1 is 1.00 bits per heavy atom. The fourth-order valence-corrected chi connectivity index (χ4v) is 9.76. The number of hydrogen-bond acceptors (Lipinski definition) is 11. The molecule has 324 valence electrons. The summed E-state index contributed by atoms with van der Waals surface area (Å²) < 4.78 is 41.8. The van der Waals surface area contributed by atoms with Crippen molar-refractivity contribution in [3.05, 3.63) is 106 Å². The molecule has 3 N–H and O–H groups in total. The Morgan fingerprint density at radius 3 is 2.50 bits per heavy atom. The predicted molar refractivity (Wildman–Crippen MR) is 239 cm³/mol. The zero-order valence-corrected chi connectivity index (χ0v) is 36.9. The van der Waals surface area contributed by atoms with Gasteiger partial charge in [0.2, 0.25) is 5.88 Å². The first-order valence-corrected chi connectivity index (χ1v) is 23.0. The van der Waals surface area contributed by atoms with E-state index in [0.29, 0.717) is 24.0 Å². The highest BCUT2D eigenvalue weighted by atomic mass is 35.5. The number of piperazine rings is 1. The van der Waals surface area contributed by atoms with Crippen molar-refractivity contribution < 1.29 is 27.8 Å². The van der Waals surface area contributed by atoms with E-state index in [-0.39, 0.29) is 45.6 Å². The summed E-state index contributed by atoms with van der Waals surface area (Å²) in [5.74, 6) is -0.131. The lowest BCUT2D eigenvalue weighted by Gasteiger charge is -2.39. The number of benzene rings is 3. The lowest BCUT2D eigenvalue weighted by molar-refractivity contribution is 0.00125. The van der Waals surface area contributed by atoms with Crippen LogP contribution in [0.1, 0.15) is 87.2 Å². The molecule has 3 aliphatic rings. The average molecular weight is 878 g/mol. The summed E-state index contributed by atoms with van der Waals surface area (Å²) in [6.45, 7) is 10.8. The second-order valence-corrected chi connectivity index (χ2v) is 20.0. The second-order valence-electron chi connectivity index (χ2n) is 17.9. The van der Waals surface area contributed by atoms with Crippen LogP contribution < -0.4 is 19.1 Å². The lowest BCUT2D eigenvalue weighted by Crippen LogP contribution is -2.47. The SMILES string of the molecule is CC1(C)CCC(CN2CCN(c3ccc(C(=O)NS(=O)(=O)c4cnc(OCC5CCC(C)(O)CC5)c(C#N)c4)c(Oc4cccc5[nH]ncc45)c3)CC2)=C(c2ccc(Cl)cc2)C1. The molecule has 0 bridgehead atoms. The van der Waals surface area contributed by atoms with Crippen molar-refractivity contribution in [1.29, 1.82) is 5.26 Å². The number of H-pyrrole nitrogens is 1. The Bertz CT molecular complexity index is 2640. The Kier molecular flexibility index (Phi) is 12.4. The van der Waals surface area contributed by atoms with Gasteiger partial charge >= 0.3 is 0 Å². The van der Waals surface area contributed by atoms with E-state index >= 15 is 0 Å². The zero-order chi connectivity index (χ0) is 43.6. The van der Waals surface area contributed by atoms with Gasteiger partial charge in [-0.1, -0.05) is 49.2 Å². The maximum atomic E-state index is 14.0. The van der Waals surface area contributed by atoms with Gasteiger partial charge in [-0.2, -0.15) is 10.4 Å². The molecular formula is C47H52ClN7O6S. The minimum atomic E-state index is -4.49. The number of allylic oxidation sites excluding steroid dienone is 1. The summed E-state index contributed by atoms with van der Waals surface area (Å²) in [5.41, 5.74) is 5.15. The number of aliphatic hydroxyl groups is 1. The predicted octanol–water partition coefficient (Wildman–Crippen LogP) is 8.50. The molecule has 1 amide bonds. The molecule has 1 saturated carbocycles. The Labute approximate surface area is 367 Å². The number of amides is 1. The van der Waals surface area contributed by atoms with E-state index in [4.69, 9.17) is 21.1 Å². The second kappa shape index (κ2) is 17.7. The van der Waals surface area contributed by atoms with E-state index in [9.17, 15) is 23.6 Å². The standard InChI is InChI=1S/C47H52ClN7O6S/c1-46(2)16-15-33(39(25-46)32-7-9-35(48)10-8-32)29-54-19-21-55(22-20-54)36-11-12-38(43(24-36)61-42-6-4-5-41-40(42)28-51-52-41)44(56)53-62(58,59)37-23-34(26-49)45(50-27-37)60-30-31-13-17-47(3,57)18-14-31/h4-12,23-24,27-28,31,57H,13-22,25,29-30H2,1-3H3,(H,51,52)(H,53,56). The largest absolute Gasteiger partial charge is 0.476 e. The summed E-state index contributed by atoms with van der Waals surface area (Å²) in [6.07, 6.45) is 8.73. The van der Waals surface area contributed by atoms with E-state index in [1.54, 1.807) is 30.5 Å². The number of sulfonamides is 1. The lowest BCUT2D eigenvalue weighted by atomic mass is 9.72. The van der Waals surface area contributed by atoms with Crippen molar-refractivity contribution in [3.8, 4) is 23.4 Å². The van der Waals surface area contributed by atoms with Crippen molar-refractivity contribution in [2.45, 2.75) is 76.2 Å². The molecule has 2 fully saturated rings. The molecule has 0 unspecified atom stereocenters. The highest BCUT2D eigenvalue weighted by Gasteiger charge is 2.32. The van der Waals surface area contributed by atoms with Crippen LogP contribution in [-0.2, 0) is 10.0 Å². The number of aromatic amines is 1. The molecule has 15 heteroatoms. The van der Waals surface area contributed by atoms with Crippen molar-refractivity contribution in [2.24, 2.45) is 11.3 Å². The highest BCUT2D eigenvalue weighted by Crippen LogP contribution is 2.44. The number of fused-ring (bicyclic) bond motifs is 1. The summed E-state index contributed by atoms with van der Waals surface area (Å²) in [6, 6.07) is 21.9. The van der Waals surface area contributed by atoms with E-state index in [2.05, 4.69) is 55.7 Å². The highest BCUT2D eigenvalue weighted by molar-refractivity contribution is 7.90. The van der Waals surface area contributed by atoms with Crippen molar-refractivity contribution in [2.75, 3.05) is 44.2 Å². The number of ether oxygens (including phenoxy) is 2. The number of nitriles is 1. The smallest absolute Gasteiger partial charge is 0.268 e. The summed E-state index contributed by atoms with van der Waals surface area (Å²) in [7, 11) is -4.49. The van der Waals surface area contributed by atoms with Crippen LogP contribution in [0.4, 0.5) is 5.69 Å². The van der Waals surface area contributed by atoms with Gasteiger partial charge in [0.15, 0.2) is 0 Å². The monoisotopic (exact) mass is 877 g/mol. The van der Waals surface area contributed by atoms with Crippen LogP contribution in [0.5, 0.6) is 17.4 Å². The fourth-order valence-electron chi connectivity index (χ4n) is 8.70. The van der Waals surface area contributed by atoms with Crippen LogP contribution in [0.15, 0.2) is 89.6 Å². The molecular weight excluding hydrogens is 826 g/mol. The molecule has 0 radical (unpaired) electrons. The molecule has 8 rings (SSSR count). The Morgan fingerprint density at radius 2 is 1.76 bits per heavy atom. The number of anilines is 1. The van der Waals surface area contributed by atoms with E-state index < -0.39 is 21.5 Å². The Hall–Kier alpha value is -5.46. The van der Waals surface area contributed by atoms with Gasteiger partial charge in [-0.05, 0) is 117 Å². The van der Waals surface area contributed by atoms with Crippen LogP contribution in [0.3, 0.4) is 0 Å². The van der Waals surface area contributed by atoms with Gasteiger partial charge in [0, 0.05) is 49.5 Å². The topological polar surface area (TPSA) is 174 Å². The van der Waals surface area contributed by atoms with E-state index in [1.165, 1.54) is 16.7 Å². The molecule has 1 saturated heterocycles. The first-order valence-electron chi connectivity index (χ1n) is 21.2. The van der Waals surface area contributed by atoms with E-state index in [1.807, 2.05) is 37.3 Å². The number of carbonyl (C=O) groups is 1. The van der Waals surface area contributed by atoms with Crippen molar-refractivity contribution in [1.82, 2.24) is 24.8 Å². The normalized spacial score (nSPS) is 20.8. The molecule has 2 aromatic heterocycles. The van der Waals surface area contributed by atoms with Crippen LogP contribution in [0, 0.1) is 22.7 Å². The molecule has 13 nitrogen and oxygen atoms in total. The number of carbonyl (C=O) groups excluding carboxylic acids is 1. The number of aromatic nitrogens is 3. The average Bonchev–Trinajstić information content (AvgIpc) is 3.74. The van der Waals surface area contributed by atoms with Crippen molar-refractivity contribution >= 4 is 49.7 Å². The fraction of sp³-hybridized carbons (Fsp3) is 0.404. The number of hydrogen-bond donors (Lipinski definition) is 3. The molecule has 1 aliphatic heterocycles. The first-order chi connectivity index (χ1) is 29.6. The molecule has 62 heavy (non-hydrogen) atoms. The summed E-state index contributed by atoms with van der Waals surface area (Å²) in [4.78, 5) is 22.5. The minimum Gasteiger partial charge on any atom is -0.476 e. The van der Waals surface area contributed by atoms with Gasteiger partial charge in [0.05, 0.1) is 41.1 Å². The number of halogens is 1. The molecule has 3 aromatic carbocycles. The van der Waals surface area contributed by atoms with Crippen LogP contribution in [0.25, 0.3) is 16.5 Å². The van der Waals surface area contributed by atoms with Crippen molar-refractivity contribution in [3.63, 3.8) is 0 Å². The maximum Gasteiger partial charge on any atom is 0.268 e. The van der Waals surface area contributed by atoms with Gasteiger partial charge in [-0.3, -0.25) is 14.8 Å². The Balaban J connectivity index is 0.991. The molecule has 5 aromatic rings. The molecule has 0 atom stereocenters. The van der Waals surface area contributed by atoms with Crippen LogP contribution in [0.2, 0.25) is 5.02 Å². The third-order valence-corrected chi connectivity index (χ3v) is 14.1. The summed E-state index contributed by atoms with van der Waals surface area (Å²) in [5, 5.41) is 28.7. The van der Waals surface area contributed by atoms with Gasteiger partial charge in [-0.25, -0.2) is 18.1 Å². The number of rotatable bonds is 12. The first kappa shape index (κ1) is 43.2. The van der Waals surface area contributed by atoms with Gasteiger partial charge in [-0.15, -0.1) is 0 Å². The van der Waals surface area contributed by atoms with E-state index in [0.717, 1.165) is 93.3 Å². The van der Waals surface area contributed by atoms with Gasteiger partial charge < -0.3 is 19.5 Å². The number of nitrogens with one attached hydrogen (secondary N) is 2.